The number of ether oxygens (including phenoxy) is 1. The van der Waals surface area contributed by atoms with Crippen molar-refractivity contribution < 1.29 is 4.74 Å². The standard InChI is InChI=1S/C13H19NO/c1-3-12-8-11(2)9-13(10-12)14-4-6-15-7-5-14/h8-10H,3-7H2,1-2H3. The van der Waals surface area contributed by atoms with Crippen molar-refractivity contribution in [2.24, 2.45) is 0 Å². The van der Waals surface area contributed by atoms with Crippen LogP contribution in [-0.2, 0) is 11.2 Å². The van der Waals surface area contributed by atoms with E-state index in [0.717, 1.165) is 32.7 Å². The van der Waals surface area contributed by atoms with Crippen LogP contribution in [0.15, 0.2) is 18.2 Å². The van der Waals surface area contributed by atoms with Crippen LogP contribution in [0.5, 0.6) is 0 Å². The van der Waals surface area contributed by atoms with E-state index in [-0.39, 0.29) is 0 Å². The van der Waals surface area contributed by atoms with Crippen LogP contribution in [0.3, 0.4) is 0 Å². The third-order valence-corrected chi connectivity index (χ3v) is 2.91. The highest BCUT2D eigenvalue weighted by molar-refractivity contribution is 5.51. The molecule has 0 amide bonds. The molecule has 0 aromatic heterocycles. The minimum atomic E-state index is 0.857. The first-order chi connectivity index (χ1) is 7.29. The Morgan fingerprint density at radius 3 is 2.60 bits per heavy atom. The molecule has 1 aliphatic heterocycles. The molecule has 0 N–H and O–H groups in total. The number of morpholine rings is 1. The van der Waals surface area contributed by atoms with Crippen LogP contribution in [0.1, 0.15) is 18.1 Å². The van der Waals surface area contributed by atoms with E-state index in [1.165, 1.54) is 16.8 Å². The molecule has 2 nitrogen and oxygen atoms in total. The third kappa shape index (κ3) is 2.51. The summed E-state index contributed by atoms with van der Waals surface area (Å²) < 4.78 is 5.37. The Morgan fingerprint density at radius 1 is 1.20 bits per heavy atom. The molecule has 0 saturated carbocycles. The first kappa shape index (κ1) is 10.5. The van der Waals surface area contributed by atoms with Crippen LogP contribution >= 0.6 is 0 Å². The molecule has 1 saturated heterocycles. The number of hydrogen-bond acceptors (Lipinski definition) is 2. The summed E-state index contributed by atoms with van der Waals surface area (Å²) in [7, 11) is 0. The molecule has 0 unspecified atom stereocenters. The van der Waals surface area contributed by atoms with Crippen molar-refractivity contribution in [3.63, 3.8) is 0 Å². The Balaban J connectivity index is 2.22. The molecule has 0 bridgehead atoms. The molecular formula is C13H19NO. The van der Waals surface area contributed by atoms with Gasteiger partial charge in [-0.15, -0.1) is 0 Å². The Bertz CT molecular complexity index is 329. The summed E-state index contributed by atoms with van der Waals surface area (Å²) in [5, 5.41) is 0. The normalized spacial score (nSPS) is 16.8. The molecule has 1 aliphatic rings. The maximum absolute atomic E-state index is 5.37. The molecule has 1 fully saturated rings. The zero-order valence-electron chi connectivity index (χ0n) is 9.62. The number of benzene rings is 1. The summed E-state index contributed by atoms with van der Waals surface area (Å²) >= 11 is 0. The van der Waals surface area contributed by atoms with E-state index >= 15 is 0 Å². The molecular weight excluding hydrogens is 186 g/mol. The summed E-state index contributed by atoms with van der Waals surface area (Å²) in [6.07, 6.45) is 1.11. The molecule has 2 heteroatoms. The third-order valence-electron chi connectivity index (χ3n) is 2.91. The number of hydrogen-bond donors (Lipinski definition) is 0. The van der Waals surface area contributed by atoms with Gasteiger partial charge in [0.25, 0.3) is 0 Å². The minimum Gasteiger partial charge on any atom is -0.378 e. The van der Waals surface area contributed by atoms with Crippen molar-refractivity contribution in [3.05, 3.63) is 29.3 Å². The highest BCUT2D eigenvalue weighted by Crippen LogP contribution is 2.20. The van der Waals surface area contributed by atoms with Gasteiger partial charge in [-0.05, 0) is 36.6 Å². The van der Waals surface area contributed by atoms with Crippen molar-refractivity contribution in [1.82, 2.24) is 0 Å². The van der Waals surface area contributed by atoms with Crippen molar-refractivity contribution in [3.8, 4) is 0 Å². The summed E-state index contributed by atoms with van der Waals surface area (Å²) in [4.78, 5) is 2.41. The summed E-state index contributed by atoms with van der Waals surface area (Å²) in [6.45, 7) is 8.13. The Morgan fingerprint density at radius 2 is 1.93 bits per heavy atom. The molecule has 1 heterocycles. The van der Waals surface area contributed by atoms with E-state index < -0.39 is 0 Å². The average molecular weight is 205 g/mol. The van der Waals surface area contributed by atoms with E-state index in [1.807, 2.05) is 0 Å². The van der Waals surface area contributed by atoms with Gasteiger partial charge in [0.2, 0.25) is 0 Å². The number of anilines is 1. The molecule has 82 valence electrons. The van der Waals surface area contributed by atoms with Crippen LogP contribution in [0.4, 0.5) is 5.69 Å². The maximum atomic E-state index is 5.37. The van der Waals surface area contributed by atoms with Gasteiger partial charge in [0.15, 0.2) is 0 Å². The molecule has 0 radical (unpaired) electrons. The van der Waals surface area contributed by atoms with Crippen LogP contribution in [0.25, 0.3) is 0 Å². The molecule has 1 aromatic carbocycles. The molecule has 0 aliphatic carbocycles. The SMILES string of the molecule is CCc1cc(C)cc(N2CCOCC2)c1. The molecule has 1 aromatic rings. The van der Waals surface area contributed by atoms with Gasteiger partial charge in [0, 0.05) is 18.8 Å². The van der Waals surface area contributed by atoms with Gasteiger partial charge in [-0.2, -0.15) is 0 Å². The second-order valence-electron chi connectivity index (χ2n) is 4.13. The smallest absolute Gasteiger partial charge is 0.0642 e. The fraction of sp³-hybridized carbons (Fsp3) is 0.538. The fourth-order valence-electron chi connectivity index (χ4n) is 2.05. The van der Waals surface area contributed by atoms with Gasteiger partial charge < -0.3 is 9.64 Å². The lowest BCUT2D eigenvalue weighted by Crippen LogP contribution is -2.36. The highest BCUT2D eigenvalue weighted by atomic mass is 16.5. The predicted molar refractivity (Wildman–Crippen MR) is 63.6 cm³/mol. The second kappa shape index (κ2) is 4.67. The first-order valence-corrected chi connectivity index (χ1v) is 5.73. The van der Waals surface area contributed by atoms with Crippen LogP contribution < -0.4 is 4.90 Å². The predicted octanol–water partition coefficient (Wildman–Crippen LogP) is 2.39. The second-order valence-corrected chi connectivity index (χ2v) is 4.13. The Hall–Kier alpha value is -1.02. The lowest BCUT2D eigenvalue weighted by atomic mass is 10.1. The molecule has 15 heavy (non-hydrogen) atoms. The van der Waals surface area contributed by atoms with Gasteiger partial charge in [-0.25, -0.2) is 0 Å². The first-order valence-electron chi connectivity index (χ1n) is 5.73. The zero-order chi connectivity index (χ0) is 10.7. The molecule has 2 rings (SSSR count). The van der Waals surface area contributed by atoms with Crippen molar-refractivity contribution in [2.75, 3.05) is 31.2 Å². The van der Waals surface area contributed by atoms with Crippen LogP contribution in [0.2, 0.25) is 0 Å². The quantitative estimate of drug-likeness (QED) is 0.735. The minimum absolute atomic E-state index is 0.857. The lowest BCUT2D eigenvalue weighted by molar-refractivity contribution is 0.122. The van der Waals surface area contributed by atoms with Gasteiger partial charge in [-0.3, -0.25) is 0 Å². The molecule has 0 atom stereocenters. The van der Waals surface area contributed by atoms with E-state index in [0.29, 0.717) is 0 Å². The van der Waals surface area contributed by atoms with Gasteiger partial charge in [-0.1, -0.05) is 13.0 Å². The highest BCUT2D eigenvalue weighted by Gasteiger charge is 2.11. The summed E-state index contributed by atoms with van der Waals surface area (Å²) in [6, 6.07) is 6.84. The Labute approximate surface area is 91.9 Å². The fourth-order valence-corrected chi connectivity index (χ4v) is 2.05. The maximum Gasteiger partial charge on any atom is 0.0642 e. The Kier molecular flexibility index (Phi) is 3.27. The van der Waals surface area contributed by atoms with Crippen LogP contribution in [0, 0.1) is 6.92 Å². The average Bonchev–Trinajstić information content (AvgIpc) is 2.29. The summed E-state index contributed by atoms with van der Waals surface area (Å²) in [5.41, 5.74) is 4.14. The molecule has 0 spiro atoms. The zero-order valence-corrected chi connectivity index (χ0v) is 9.62. The van der Waals surface area contributed by atoms with Crippen molar-refractivity contribution in [1.29, 1.82) is 0 Å². The number of rotatable bonds is 2. The largest absolute Gasteiger partial charge is 0.378 e. The van der Waals surface area contributed by atoms with E-state index in [2.05, 4.69) is 36.9 Å². The van der Waals surface area contributed by atoms with E-state index in [4.69, 9.17) is 4.74 Å². The van der Waals surface area contributed by atoms with Gasteiger partial charge >= 0.3 is 0 Å². The van der Waals surface area contributed by atoms with Crippen molar-refractivity contribution in [2.45, 2.75) is 20.3 Å². The lowest BCUT2D eigenvalue weighted by Gasteiger charge is -2.29. The van der Waals surface area contributed by atoms with Gasteiger partial charge in [0.05, 0.1) is 13.2 Å². The summed E-state index contributed by atoms with van der Waals surface area (Å²) in [5.74, 6) is 0. The van der Waals surface area contributed by atoms with E-state index in [1.54, 1.807) is 0 Å². The number of aryl methyl sites for hydroxylation is 2. The van der Waals surface area contributed by atoms with Crippen LogP contribution in [-0.4, -0.2) is 26.3 Å². The monoisotopic (exact) mass is 205 g/mol. The van der Waals surface area contributed by atoms with Crippen molar-refractivity contribution >= 4 is 5.69 Å². The number of nitrogens with zero attached hydrogens (tertiary/aromatic N) is 1. The van der Waals surface area contributed by atoms with E-state index in [9.17, 15) is 0 Å². The topological polar surface area (TPSA) is 12.5 Å². The van der Waals surface area contributed by atoms with Gasteiger partial charge in [0.1, 0.15) is 0 Å².